The maximum Gasteiger partial charge on any atom is 0.185 e. The smallest absolute Gasteiger partial charge is 0.185 e. The second-order valence-corrected chi connectivity index (χ2v) is 9.59. The fraction of sp³-hybridized carbons (Fsp3) is 0.321. The molecule has 11 nitrogen and oxygen atoms in total. The van der Waals surface area contributed by atoms with Crippen LogP contribution in [0, 0.1) is 5.82 Å². The molecule has 40 heavy (non-hydrogen) atoms. The molecule has 4 aromatic rings. The van der Waals surface area contributed by atoms with Crippen molar-refractivity contribution >= 4 is 28.8 Å². The van der Waals surface area contributed by atoms with Gasteiger partial charge < -0.3 is 25.0 Å². The summed E-state index contributed by atoms with van der Waals surface area (Å²) in [4.78, 5) is 28.1. The molecule has 1 atom stereocenters. The summed E-state index contributed by atoms with van der Waals surface area (Å²) in [6.45, 7) is 3.67. The van der Waals surface area contributed by atoms with Crippen molar-refractivity contribution in [2.45, 2.75) is 25.9 Å². The molecule has 4 heterocycles. The maximum atomic E-state index is 14.7. The third-order valence-corrected chi connectivity index (χ3v) is 6.54. The van der Waals surface area contributed by atoms with Gasteiger partial charge in [-0.05, 0) is 31.7 Å². The van der Waals surface area contributed by atoms with Crippen molar-refractivity contribution in [2.75, 3.05) is 37.9 Å². The molecule has 1 aromatic carbocycles. The third-order valence-electron chi connectivity index (χ3n) is 6.54. The predicted octanol–water partition coefficient (Wildman–Crippen LogP) is 4.58. The Labute approximate surface area is 231 Å². The van der Waals surface area contributed by atoms with E-state index in [0.717, 1.165) is 19.5 Å². The van der Waals surface area contributed by atoms with Gasteiger partial charge in [0.25, 0.3) is 0 Å². The zero-order chi connectivity index (χ0) is 28.2. The molecule has 1 fully saturated rings. The van der Waals surface area contributed by atoms with E-state index in [9.17, 15) is 9.18 Å². The van der Waals surface area contributed by atoms with E-state index in [2.05, 4.69) is 42.6 Å². The molecule has 1 unspecified atom stereocenters. The van der Waals surface area contributed by atoms with Crippen LogP contribution in [0.4, 0.5) is 27.4 Å². The summed E-state index contributed by atoms with van der Waals surface area (Å²) in [5.74, 6) is 1.69. The zero-order valence-electron chi connectivity index (χ0n) is 22.8. The molecule has 1 saturated heterocycles. The highest BCUT2D eigenvalue weighted by molar-refractivity contribution is 6.02. The summed E-state index contributed by atoms with van der Waals surface area (Å²) in [5.41, 5.74) is 1.47. The molecule has 0 bridgehead atoms. The van der Waals surface area contributed by atoms with E-state index in [0.29, 0.717) is 51.5 Å². The Balaban J connectivity index is 1.42. The zero-order valence-corrected chi connectivity index (χ0v) is 22.8. The van der Waals surface area contributed by atoms with Crippen LogP contribution in [0.15, 0.2) is 49.1 Å². The van der Waals surface area contributed by atoms with Crippen molar-refractivity contribution in [3.05, 3.63) is 60.4 Å². The van der Waals surface area contributed by atoms with Gasteiger partial charge in [-0.25, -0.2) is 19.3 Å². The number of likely N-dealkylation sites (N-methyl/N-ethyl adjacent to an activating group) is 1. The Bertz CT molecular complexity index is 1510. The van der Waals surface area contributed by atoms with Gasteiger partial charge in [-0.3, -0.25) is 9.48 Å². The van der Waals surface area contributed by atoms with Gasteiger partial charge >= 0.3 is 0 Å². The number of methoxy groups -OCH3 is 1. The fourth-order valence-corrected chi connectivity index (χ4v) is 4.56. The first kappa shape index (κ1) is 27.0. The quantitative estimate of drug-likeness (QED) is 0.274. The van der Waals surface area contributed by atoms with Gasteiger partial charge in [0.15, 0.2) is 17.4 Å². The Kier molecular flexibility index (Phi) is 7.87. The van der Waals surface area contributed by atoms with Crippen LogP contribution in [0.5, 0.6) is 11.5 Å². The number of likely N-dealkylation sites (tertiary alicyclic amines) is 1. The first-order chi connectivity index (χ1) is 19.3. The normalized spacial score (nSPS) is 15.2. The molecule has 1 aliphatic heterocycles. The molecular formula is C28H31FN8O3. The molecule has 0 spiro atoms. The van der Waals surface area contributed by atoms with E-state index >= 15 is 0 Å². The summed E-state index contributed by atoms with van der Waals surface area (Å²) in [5, 5.41) is 10.6. The second kappa shape index (κ2) is 11.7. The molecule has 0 amide bonds. The number of halogens is 1. The minimum absolute atomic E-state index is 0.124. The Morgan fingerprint density at radius 1 is 1.07 bits per heavy atom. The number of anilines is 4. The summed E-state index contributed by atoms with van der Waals surface area (Å²) in [7, 11) is 5.27. The van der Waals surface area contributed by atoms with Gasteiger partial charge in [-0.15, -0.1) is 0 Å². The number of ketones is 1. The Morgan fingerprint density at radius 2 is 1.90 bits per heavy atom. The number of aromatic nitrogens is 5. The number of ether oxygens (including phenoxy) is 2. The number of aryl methyl sites for hydroxylation is 1. The van der Waals surface area contributed by atoms with Gasteiger partial charge in [-0.2, -0.15) is 5.10 Å². The standard InChI is InChI=1S/C28H31FN8O3/c1-5-24(38)21-14-31-26(34-25-7-6-18(13-30-25)40-19-8-9-36(2)15-19)12-22(21)33-23-11-17(29)10-20(27(23)39-4)28-32-16-37(3)35-28/h6-7,10-14,16,19H,5,8-9,15H2,1-4H3,(H2,30,31,33,34). The molecule has 0 aliphatic carbocycles. The van der Waals surface area contributed by atoms with Crippen LogP contribution < -0.4 is 20.1 Å². The van der Waals surface area contributed by atoms with E-state index in [1.54, 1.807) is 32.3 Å². The van der Waals surface area contributed by atoms with Crippen molar-refractivity contribution in [3.63, 3.8) is 0 Å². The van der Waals surface area contributed by atoms with E-state index in [1.807, 2.05) is 6.07 Å². The maximum absolute atomic E-state index is 14.7. The van der Waals surface area contributed by atoms with Gasteiger partial charge in [0, 0.05) is 44.9 Å². The molecule has 5 rings (SSSR count). The molecular weight excluding hydrogens is 515 g/mol. The lowest BCUT2D eigenvalue weighted by Gasteiger charge is -2.17. The van der Waals surface area contributed by atoms with Crippen LogP contribution in [0.25, 0.3) is 11.4 Å². The van der Waals surface area contributed by atoms with Gasteiger partial charge in [0.2, 0.25) is 0 Å². The topological polar surface area (TPSA) is 119 Å². The number of nitrogens with zero attached hydrogens (tertiary/aromatic N) is 6. The molecule has 2 N–H and O–H groups in total. The van der Waals surface area contributed by atoms with E-state index in [-0.39, 0.29) is 18.3 Å². The van der Waals surface area contributed by atoms with Crippen molar-refractivity contribution in [1.29, 1.82) is 0 Å². The number of benzene rings is 1. The largest absolute Gasteiger partial charge is 0.494 e. The Hall–Kier alpha value is -4.58. The number of nitrogens with one attached hydrogen (secondary N) is 2. The van der Waals surface area contributed by atoms with Gasteiger partial charge in [0.05, 0.1) is 35.8 Å². The lowest BCUT2D eigenvalue weighted by Crippen LogP contribution is -2.21. The minimum Gasteiger partial charge on any atom is -0.494 e. The molecule has 208 valence electrons. The minimum atomic E-state index is -0.516. The highest BCUT2D eigenvalue weighted by Gasteiger charge is 2.22. The van der Waals surface area contributed by atoms with Crippen LogP contribution in [-0.2, 0) is 7.05 Å². The van der Waals surface area contributed by atoms with Crippen LogP contribution in [0.3, 0.4) is 0 Å². The number of Topliss-reactive ketones (excluding diaryl/α,β-unsaturated/α-hetero) is 1. The number of pyridine rings is 2. The predicted molar refractivity (Wildman–Crippen MR) is 149 cm³/mol. The fourth-order valence-electron chi connectivity index (χ4n) is 4.56. The van der Waals surface area contributed by atoms with E-state index in [1.165, 1.54) is 36.4 Å². The number of carbonyl (C=O) groups is 1. The molecule has 0 saturated carbocycles. The molecule has 1 aliphatic rings. The summed E-state index contributed by atoms with van der Waals surface area (Å²) in [6, 6.07) is 7.93. The lowest BCUT2D eigenvalue weighted by molar-refractivity contribution is 0.0988. The summed E-state index contributed by atoms with van der Waals surface area (Å²) < 4.78 is 27.9. The van der Waals surface area contributed by atoms with Gasteiger partial charge in [0.1, 0.15) is 35.6 Å². The summed E-state index contributed by atoms with van der Waals surface area (Å²) in [6.07, 6.45) is 6.07. The van der Waals surface area contributed by atoms with Crippen LogP contribution >= 0.6 is 0 Å². The van der Waals surface area contributed by atoms with E-state index < -0.39 is 5.82 Å². The average molecular weight is 547 g/mol. The van der Waals surface area contributed by atoms with Crippen LogP contribution in [-0.4, -0.2) is 68.8 Å². The number of hydrogen-bond donors (Lipinski definition) is 2. The molecule has 12 heteroatoms. The van der Waals surface area contributed by atoms with Gasteiger partial charge in [-0.1, -0.05) is 6.92 Å². The highest BCUT2D eigenvalue weighted by atomic mass is 19.1. The Morgan fingerprint density at radius 3 is 2.55 bits per heavy atom. The summed E-state index contributed by atoms with van der Waals surface area (Å²) >= 11 is 0. The van der Waals surface area contributed by atoms with Crippen LogP contribution in [0.2, 0.25) is 0 Å². The van der Waals surface area contributed by atoms with Crippen molar-refractivity contribution in [3.8, 4) is 22.9 Å². The number of rotatable bonds is 10. The third kappa shape index (κ3) is 6.01. The first-order valence-corrected chi connectivity index (χ1v) is 12.9. The lowest BCUT2D eigenvalue weighted by atomic mass is 10.1. The van der Waals surface area contributed by atoms with Crippen molar-refractivity contribution < 1.29 is 18.7 Å². The SMILES string of the molecule is CCC(=O)c1cnc(Nc2ccc(OC3CCN(C)C3)cn2)cc1Nc1cc(F)cc(-c2ncn(C)n2)c1OC. The number of hydrogen-bond acceptors (Lipinski definition) is 10. The number of carbonyl (C=O) groups excluding carboxylic acids is 1. The highest BCUT2D eigenvalue weighted by Crippen LogP contribution is 2.38. The monoisotopic (exact) mass is 546 g/mol. The first-order valence-electron chi connectivity index (χ1n) is 12.9. The van der Waals surface area contributed by atoms with Crippen molar-refractivity contribution in [2.24, 2.45) is 7.05 Å². The molecule has 3 aromatic heterocycles. The van der Waals surface area contributed by atoms with E-state index in [4.69, 9.17) is 9.47 Å². The molecule has 0 radical (unpaired) electrons. The van der Waals surface area contributed by atoms with Crippen molar-refractivity contribution in [1.82, 2.24) is 29.6 Å². The van der Waals surface area contributed by atoms with Crippen LogP contribution in [0.1, 0.15) is 30.1 Å². The average Bonchev–Trinajstić information content (AvgIpc) is 3.56. The second-order valence-electron chi connectivity index (χ2n) is 9.59.